The van der Waals surface area contributed by atoms with E-state index < -0.39 is 0 Å². The van der Waals surface area contributed by atoms with Crippen molar-refractivity contribution in [1.29, 1.82) is 0 Å². The second kappa shape index (κ2) is 4.06. The number of anilines is 1. The molecule has 1 aromatic heterocycles. The maximum absolute atomic E-state index is 10.9. The van der Waals surface area contributed by atoms with Gasteiger partial charge in [0.2, 0.25) is 11.9 Å². The normalized spacial score (nSPS) is 10.1. The summed E-state index contributed by atoms with van der Waals surface area (Å²) in [7, 11) is 0. The van der Waals surface area contributed by atoms with Crippen LogP contribution in [0.4, 0.5) is 5.95 Å². The monoisotopic (exact) mass is 216 g/mol. The molecule has 0 saturated heterocycles. The number of nitrogens with one attached hydrogen (secondary N) is 1. The quantitative estimate of drug-likeness (QED) is 0.792. The van der Waals surface area contributed by atoms with E-state index in [1.165, 1.54) is 11.6 Å². The SMILES string of the molecule is CC(=O)Nn1cc(-c2ccccc2)nc1N. The molecule has 1 aromatic carbocycles. The molecule has 0 aliphatic rings. The first-order valence-electron chi connectivity index (χ1n) is 4.84. The van der Waals surface area contributed by atoms with E-state index in [4.69, 9.17) is 5.73 Å². The van der Waals surface area contributed by atoms with Crippen LogP contribution in [-0.4, -0.2) is 15.6 Å². The summed E-state index contributed by atoms with van der Waals surface area (Å²) in [6, 6.07) is 9.63. The molecular formula is C11H12N4O. The lowest BCUT2D eigenvalue weighted by molar-refractivity contribution is -0.115. The Morgan fingerprint density at radius 3 is 2.69 bits per heavy atom. The summed E-state index contributed by atoms with van der Waals surface area (Å²) in [5.74, 6) is 0.0674. The lowest BCUT2D eigenvalue weighted by atomic mass is 10.2. The molecule has 3 N–H and O–H groups in total. The van der Waals surface area contributed by atoms with Crippen molar-refractivity contribution in [3.05, 3.63) is 36.5 Å². The summed E-state index contributed by atoms with van der Waals surface area (Å²) in [5, 5.41) is 0. The maximum atomic E-state index is 10.9. The average Bonchev–Trinajstić information content (AvgIpc) is 2.61. The number of carbonyl (C=O) groups is 1. The van der Waals surface area contributed by atoms with Gasteiger partial charge in [-0.2, -0.15) is 0 Å². The molecule has 0 spiro atoms. The molecule has 0 aliphatic carbocycles. The Labute approximate surface area is 92.9 Å². The van der Waals surface area contributed by atoms with E-state index in [1.807, 2.05) is 30.3 Å². The van der Waals surface area contributed by atoms with Gasteiger partial charge < -0.3 is 5.73 Å². The molecule has 0 atom stereocenters. The Morgan fingerprint density at radius 1 is 1.38 bits per heavy atom. The van der Waals surface area contributed by atoms with Crippen molar-refractivity contribution in [3.63, 3.8) is 0 Å². The Morgan fingerprint density at radius 2 is 2.06 bits per heavy atom. The molecule has 16 heavy (non-hydrogen) atoms. The molecular weight excluding hydrogens is 204 g/mol. The van der Waals surface area contributed by atoms with E-state index >= 15 is 0 Å². The summed E-state index contributed by atoms with van der Waals surface area (Å²) in [6.07, 6.45) is 1.69. The fourth-order valence-corrected chi connectivity index (χ4v) is 1.40. The number of nitrogens with zero attached hydrogens (tertiary/aromatic N) is 2. The Balaban J connectivity index is 2.34. The van der Waals surface area contributed by atoms with Crippen LogP contribution in [0.25, 0.3) is 11.3 Å². The topological polar surface area (TPSA) is 72.9 Å². The van der Waals surface area contributed by atoms with Crippen LogP contribution in [0.1, 0.15) is 6.92 Å². The first kappa shape index (κ1) is 10.2. The van der Waals surface area contributed by atoms with E-state index in [0.29, 0.717) is 0 Å². The molecule has 0 radical (unpaired) electrons. The van der Waals surface area contributed by atoms with E-state index in [0.717, 1.165) is 11.3 Å². The molecule has 1 amide bonds. The van der Waals surface area contributed by atoms with Gasteiger partial charge in [-0.25, -0.2) is 9.66 Å². The van der Waals surface area contributed by atoms with Crippen molar-refractivity contribution in [2.24, 2.45) is 0 Å². The highest BCUT2D eigenvalue weighted by Gasteiger charge is 2.06. The lowest BCUT2D eigenvalue weighted by Crippen LogP contribution is -2.20. The third kappa shape index (κ3) is 2.03. The van der Waals surface area contributed by atoms with Gasteiger partial charge in [-0.3, -0.25) is 10.2 Å². The molecule has 82 valence electrons. The maximum Gasteiger partial charge on any atom is 0.235 e. The molecule has 0 unspecified atom stereocenters. The average molecular weight is 216 g/mol. The van der Waals surface area contributed by atoms with Crippen LogP contribution in [-0.2, 0) is 4.79 Å². The van der Waals surface area contributed by atoms with Gasteiger partial charge in [-0.05, 0) is 0 Å². The Bertz CT molecular complexity index is 504. The zero-order chi connectivity index (χ0) is 11.5. The first-order chi connectivity index (χ1) is 7.66. The third-order valence-corrected chi connectivity index (χ3v) is 2.08. The summed E-state index contributed by atoms with van der Waals surface area (Å²) >= 11 is 0. The number of amides is 1. The summed E-state index contributed by atoms with van der Waals surface area (Å²) < 4.78 is 1.41. The molecule has 5 heteroatoms. The van der Waals surface area contributed by atoms with E-state index in [-0.39, 0.29) is 11.9 Å². The summed E-state index contributed by atoms with van der Waals surface area (Å²) in [5.41, 5.74) is 9.90. The van der Waals surface area contributed by atoms with Gasteiger partial charge in [0.1, 0.15) is 0 Å². The highest BCUT2D eigenvalue weighted by atomic mass is 16.2. The number of hydrogen-bond donors (Lipinski definition) is 2. The highest BCUT2D eigenvalue weighted by molar-refractivity contribution is 5.81. The zero-order valence-electron chi connectivity index (χ0n) is 8.84. The van der Waals surface area contributed by atoms with Gasteiger partial charge >= 0.3 is 0 Å². The molecule has 0 aliphatic heterocycles. The second-order valence-electron chi connectivity index (χ2n) is 3.39. The van der Waals surface area contributed by atoms with Crippen LogP contribution < -0.4 is 11.2 Å². The smallest absolute Gasteiger partial charge is 0.235 e. The third-order valence-electron chi connectivity index (χ3n) is 2.08. The minimum absolute atomic E-state index is 0.191. The molecule has 0 fully saturated rings. The van der Waals surface area contributed by atoms with Crippen LogP contribution >= 0.6 is 0 Å². The van der Waals surface area contributed by atoms with Gasteiger partial charge in [-0.15, -0.1) is 0 Å². The van der Waals surface area contributed by atoms with Crippen molar-refractivity contribution >= 4 is 11.9 Å². The van der Waals surface area contributed by atoms with Gasteiger partial charge in [-0.1, -0.05) is 30.3 Å². The van der Waals surface area contributed by atoms with Gasteiger partial charge in [0, 0.05) is 12.5 Å². The second-order valence-corrected chi connectivity index (χ2v) is 3.39. The van der Waals surface area contributed by atoms with Crippen molar-refractivity contribution in [2.45, 2.75) is 6.92 Å². The van der Waals surface area contributed by atoms with Gasteiger partial charge in [0.15, 0.2) is 0 Å². The van der Waals surface area contributed by atoms with Crippen molar-refractivity contribution in [2.75, 3.05) is 11.2 Å². The number of hydrogen-bond acceptors (Lipinski definition) is 3. The van der Waals surface area contributed by atoms with Crippen molar-refractivity contribution < 1.29 is 4.79 Å². The minimum Gasteiger partial charge on any atom is -0.368 e. The molecule has 0 bridgehead atoms. The number of rotatable bonds is 2. The highest BCUT2D eigenvalue weighted by Crippen LogP contribution is 2.18. The number of nitrogens with two attached hydrogens (primary N) is 1. The fourth-order valence-electron chi connectivity index (χ4n) is 1.40. The number of carbonyl (C=O) groups excluding carboxylic acids is 1. The van der Waals surface area contributed by atoms with Gasteiger partial charge in [0.05, 0.1) is 11.9 Å². The molecule has 2 aromatic rings. The number of benzene rings is 1. The van der Waals surface area contributed by atoms with Crippen LogP contribution in [0.2, 0.25) is 0 Å². The Hall–Kier alpha value is -2.30. The number of nitrogen functional groups attached to an aromatic ring is 1. The van der Waals surface area contributed by atoms with E-state index in [9.17, 15) is 4.79 Å². The number of imidazole rings is 1. The van der Waals surface area contributed by atoms with Crippen LogP contribution in [0, 0.1) is 0 Å². The van der Waals surface area contributed by atoms with Crippen LogP contribution in [0.15, 0.2) is 36.5 Å². The largest absolute Gasteiger partial charge is 0.368 e. The molecule has 2 rings (SSSR count). The number of aromatic nitrogens is 2. The summed E-state index contributed by atoms with van der Waals surface area (Å²) in [4.78, 5) is 15.1. The predicted octanol–water partition coefficient (Wildman–Crippen LogP) is 1.22. The van der Waals surface area contributed by atoms with E-state index in [1.54, 1.807) is 6.20 Å². The van der Waals surface area contributed by atoms with Crippen LogP contribution in [0.3, 0.4) is 0 Å². The van der Waals surface area contributed by atoms with Gasteiger partial charge in [0.25, 0.3) is 0 Å². The van der Waals surface area contributed by atoms with Crippen LogP contribution in [0.5, 0.6) is 0 Å². The molecule has 1 heterocycles. The predicted molar refractivity (Wildman–Crippen MR) is 62.1 cm³/mol. The van der Waals surface area contributed by atoms with E-state index in [2.05, 4.69) is 10.4 Å². The summed E-state index contributed by atoms with van der Waals surface area (Å²) in [6.45, 7) is 1.42. The standard InChI is InChI=1S/C11H12N4O/c1-8(16)14-15-7-10(13-11(15)12)9-5-3-2-4-6-9/h2-7H,1H3,(H2,12,13)(H,14,16). The minimum atomic E-state index is -0.191. The van der Waals surface area contributed by atoms with Crippen molar-refractivity contribution in [3.8, 4) is 11.3 Å². The van der Waals surface area contributed by atoms with Crippen molar-refractivity contribution in [1.82, 2.24) is 9.66 Å². The molecule has 5 nitrogen and oxygen atoms in total. The first-order valence-corrected chi connectivity index (χ1v) is 4.84. The fraction of sp³-hybridized carbons (Fsp3) is 0.0909. The molecule has 0 saturated carbocycles. The Kier molecular flexibility index (Phi) is 2.59. The lowest BCUT2D eigenvalue weighted by Gasteiger charge is -2.02. The zero-order valence-corrected chi connectivity index (χ0v) is 8.84.